The second-order valence-electron chi connectivity index (χ2n) is 35.5. The minimum Gasteiger partial charge on any atom is -0.508 e. The number of aromatic nitrogens is 2. The number of carbonyl (C=O) groups is 17. The Bertz CT molecular complexity index is 5790. The average Bonchev–Trinajstić information content (AvgIpc) is 1.44. The Labute approximate surface area is 809 Å². The standard InChI is InChI=1S/C98H120F3N17O21S/c1-11-12-26-77-96(137)114(6)50-81(122)106-72(46-84(126)127)91(132)113-86(54(4)5)98(139)117(9)78(43-55-20-14-13-15-21-55)93(134)111-74(41-57-29-33-62(120)34-30-57)95(136)115(7)76(35-36-83(124)125)92(133)110-71(44-59-47-103-67-24-18-16-22-63(59)67)90(131)109-70(40-56-27-31-61(119)32-28-56)89(130)108-69(37-53(2)3)88(129)112-75(87(128)105-49-80(102)121)51-140-52-82(123)107-73(42-58-38-65(99)85(101)66(100)39-58)94(135)118(10)79(97(138)116(77)8)45-60-48-104-68-25-19-17-23-64(60)68/h13-25,27-34,38-39,47-48,53-54,69-79,86,103-104,119-120H,11-12,26,35-37,40-46,49-52H2,1-10H3,(H2,102,121)(H,105,128)(H,106,122)(H,107,123)(H,108,130)(H,109,131)(H,110,133)(H,111,134)(H,112,129)(H,113,132)(H,124,125)(H,126,127)/t69-,70-,71-,72-,73-,74-,75-,76+,77-,78-,79-,86-/m0/s1. The molecule has 1 aliphatic heterocycles. The molecule has 38 nitrogen and oxygen atoms in total. The number of benzene rings is 6. The van der Waals surface area contributed by atoms with Crippen LogP contribution in [0.15, 0.2) is 152 Å². The monoisotopic (exact) mass is 1960 g/mol. The van der Waals surface area contributed by atoms with Crippen LogP contribution in [0.5, 0.6) is 11.5 Å². The van der Waals surface area contributed by atoms with Crippen LogP contribution in [-0.2, 0) is 120 Å². The van der Waals surface area contributed by atoms with E-state index in [2.05, 4.69) is 57.8 Å². The van der Waals surface area contributed by atoms with Crippen molar-refractivity contribution in [3.05, 3.63) is 203 Å². The van der Waals surface area contributed by atoms with Gasteiger partial charge >= 0.3 is 11.9 Å². The van der Waals surface area contributed by atoms with E-state index in [4.69, 9.17) is 5.73 Å². The van der Waals surface area contributed by atoms with Crippen LogP contribution < -0.4 is 53.6 Å². The number of carboxylic acid groups (broad SMARTS) is 2. The van der Waals surface area contributed by atoms with Gasteiger partial charge in [0.15, 0.2) is 17.5 Å². The van der Waals surface area contributed by atoms with Crippen LogP contribution in [0, 0.1) is 29.3 Å². The number of rotatable bonds is 26. The highest BCUT2D eigenvalue weighted by atomic mass is 32.2. The SMILES string of the molecule is CCCC[C@H]1C(=O)N(C)CC(=O)N[C@@H](CC(=O)O)C(=O)N[C@@H](C(C)C)C(=O)N(C)[C@@H](Cc2ccccc2)C(=O)N[C@@H](Cc2ccc(O)cc2)C(=O)N(C)[C@H](CCC(=O)O)C(=O)N[C@@H](Cc2c[nH]c3ccccc23)C(=O)N[C@@H](Cc2ccc(O)cc2)C(=O)N[C@@H](CC(C)C)C(=O)N[C@H](C(=O)NCC(N)=O)CSCC(=O)N[C@@H](Cc2cc(F)c(F)c(F)c2)C(=O)N(C)[C@@H](Cc2c[nH]c3ccccc23)C(=O)N1C. The van der Waals surface area contributed by atoms with E-state index in [1.165, 1.54) is 90.6 Å². The maximum atomic E-state index is 15.8. The largest absolute Gasteiger partial charge is 0.508 e. The third-order valence-electron chi connectivity index (χ3n) is 24.1. The summed E-state index contributed by atoms with van der Waals surface area (Å²) >= 11 is 0.643. The first kappa shape index (κ1) is 109. The first-order chi connectivity index (χ1) is 66.4. The summed E-state index contributed by atoms with van der Waals surface area (Å²) in [6.45, 7) is 6.41. The molecule has 750 valence electrons. The molecule has 17 N–H and O–H groups in total. The summed E-state index contributed by atoms with van der Waals surface area (Å²) in [5.74, 6) is -27.4. The number of H-pyrrole nitrogens is 2. The molecule has 0 bridgehead atoms. The molecule has 12 atom stereocenters. The van der Waals surface area contributed by atoms with Crippen molar-refractivity contribution < 1.29 is 115 Å². The Hall–Kier alpha value is -14.9. The number of halogens is 3. The van der Waals surface area contributed by atoms with Crippen LogP contribution in [0.3, 0.4) is 0 Å². The number of fused-ring (bicyclic) bond motifs is 2. The normalized spacial score (nSPS) is 21.7. The number of carboxylic acids is 2. The predicted molar refractivity (Wildman–Crippen MR) is 510 cm³/mol. The van der Waals surface area contributed by atoms with Crippen molar-refractivity contribution in [2.75, 3.05) is 59.8 Å². The molecule has 42 heteroatoms. The minimum absolute atomic E-state index is 0.103. The molecule has 0 spiro atoms. The van der Waals surface area contributed by atoms with E-state index in [0.29, 0.717) is 79.9 Å². The number of carbonyl (C=O) groups excluding carboxylic acids is 15. The lowest BCUT2D eigenvalue weighted by Crippen LogP contribution is -2.62. The van der Waals surface area contributed by atoms with Gasteiger partial charge in [-0.15, -0.1) is 11.8 Å². The molecule has 1 saturated heterocycles. The molecule has 8 aromatic rings. The maximum absolute atomic E-state index is 15.8. The third-order valence-corrected chi connectivity index (χ3v) is 25.1. The number of aliphatic carboxylic acids is 2. The van der Waals surface area contributed by atoms with E-state index in [0.717, 1.165) is 31.5 Å². The Balaban J connectivity index is 1.16. The second-order valence-corrected chi connectivity index (χ2v) is 36.5. The first-order valence-electron chi connectivity index (χ1n) is 45.5. The van der Waals surface area contributed by atoms with Gasteiger partial charge in [-0.3, -0.25) is 81.5 Å². The zero-order valence-electron chi connectivity index (χ0n) is 79.1. The molecule has 6 aromatic carbocycles. The number of nitrogens with one attached hydrogen (secondary N) is 11. The fraction of sp³-hybridized carbons (Fsp3) is 0.418. The number of unbranched alkanes of at least 4 members (excludes halogenated alkanes) is 1. The zero-order valence-corrected chi connectivity index (χ0v) is 79.9. The molecule has 0 unspecified atom stereocenters. The number of hydrogen-bond donors (Lipinski definition) is 16. The quantitative estimate of drug-likeness (QED) is 0.0345. The van der Waals surface area contributed by atoms with Gasteiger partial charge < -0.3 is 108 Å². The molecule has 140 heavy (non-hydrogen) atoms. The van der Waals surface area contributed by atoms with E-state index >= 15 is 56.7 Å². The van der Waals surface area contributed by atoms with Gasteiger partial charge in [-0.05, 0) is 113 Å². The topological polar surface area (TPSA) is 553 Å². The summed E-state index contributed by atoms with van der Waals surface area (Å²) in [7, 11) is 5.94. The Morgan fingerprint density at radius 3 is 1.48 bits per heavy atom. The fourth-order valence-electron chi connectivity index (χ4n) is 16.4. The van der Waals surface area contributed by atoms with Gasteiger partial charge in [-0.1, -0.05) is 138 Å². The van der Waals surface area contributed by atoms with Gasteiger partial charge in [0.05, 0.1) is 25.3 Å². The zero-order chi connectivity index (χ0) is 103. The molecule has 1 fully saturated rings. The van der Waals surface area contributed by atoms with E-state index in [-0.39, 0.29) is 49.2 Å². The number of amides is 15. The molecule has 1 aliphatic rings. The summed E-state index contributed by atoms with van der Waals surface area (Å²) in [6, 6.07) is 12.9. The first-order valence-corrected chi connectivity index (χ1v) is 46.7. The van der Waals surface area contributed by atoms with E-state index in [1.54, 1.807) is 112 Å². The highest BCUT2D eigenvalue weighted by Gasteiger charge is 2.44. The van der Waals surface area contributed by atoms with Crippen LogP contribution in [0.25, 0.3) is 21.8 Å². The summed E-state index contributed by atoms with van der Waals surface area (Å²) in [4.78, 5) is 262. The van der Waals surface area contributed by atoms with Gasteiger partial charge in [0.1, 0.15) is 84.0 Å². The van der Waals surface area contributed by atoms with Gasteiger partial charge in [-0.25, -0.2) is 13.2 Å². The molecule has 2 aromatic heterocycles. The highest BCUT2D eigenvalue weighted by molar-refractivity contribution is 8.00. The summed E-state index contributed by atoms with van der Waals surface area (Å²) < 4.78 is 45.3. The number of nitrogens with zero attached hydrogens (tertiary/aromatic N) is 5. The van der Waals surface area contributed by atoms with Crippen molar-refractivity contribution in [3.8, 4) is 11.5 Å². The predicted octanol–water partition coefficient (Wildman–Crippen LogP) is 3.46. The van der Waals surface area contributed by atoms with Crippen molar-refractivity contribution in [2.45, 2.75) is 191 Å². The number of aromatic amines is 2. The number of hydrogen-bond acceptors (Lipinski definition) is 20. The van der Waals surface area contributed by atoms with Gasteiger partial charge in [0.2, 0.25) is 88.6 Å². The average molecular weight is 1960 g/mol. The maximum Gasteiger partial charge on any atom is 0.305 e. The van der Waals surface area contributed by atoms with E-state index in [1.807, 2.05) is 0 Å². The molecular weight excluding hydrogens is 1840 g/mol. The van der Waals surface area contributed by atoms with Crippen LogP contribution in [0.1, 0.15) is 113 Å². The Kier molecular flexibility index (Phi) is 39.6. The fourth-order valence-corrected chi connectivity index (χ4v) is 17.2. The number of primary amides is 1. The van der Waals surface area contributed by atoms with Crippen LogP contribution >= 0.6 is 11.8 Å². The number of phenols is 2. The molecule has 3 heterocycles. The smallest absolute Gasteiger partial charge is 0.305 e. The second kappa shape index (κ2) is 51.0. The van der Waals surface area contributed by atoms with E-state index in [9.17, 15) is 58.4 Å². The van der Waals surface area contributed by atoms with Crippen LogP contribution in [-0.4, -0.2) is 288 Å². The Morgan fingerprint density at radius 1 is 0.464 bits per heavy atom. The summed E-state index contributed by atoms with van der Waals surface area (Å²) in [5, 5.41) is 65.8. The number of para-hydroxylation sites is 2. The van der Waals surface area contributed by atoms with Crippen molar-refractivity contribution >= 4 is 134 Å². The number of nitrogens with two attached hydrogens (primary N) is 1. The van der Waals surface area contributed by atoms with Crippen LogP contribution in [0.2, 0.25) is 0 Å². The third kappa shape index (κ3) is 30.6. The lowest BCUT2D eigenvalue weighted by molar-refractivity contribution is -0.151. The lowest BCUT2D eigenvalue weighted by atomic mass is 9.98. The van der Waals surface area contributed by atoms with Crippen molar-refractivity contribution in [3.63, 3.8) is 0 Å². The van der Waals surface area contributed by atoms with Gasteiger partial charge in [-0.2, -0.15) is 0 Å². The summed E-state index contributed by atoms with van der Waals surface area (Å²) in [5.41, 5.74) is 8.06. The Morgan fingerprint density at radius 2 is 0.929 bits per heavy atom. The molecule has 15 amide bonds. The molecule has 0 radical (unpaired) electrons. The molecule has 9 rings (SSSR count). The molecule has 0 saturated carbocycles. The van der Waals surface area contributed by atoms with Crippen molar-refractivity contribution in [2.24, 2.45) is 17.6 Å². The number of aromatic hydroxyl groups is 2. The molecular formula is C98H120F3N17O21S. The lowest BCUT2D eigenvalue weighted by Gasteiger charge is -2.37. The van der Waals surface area contributed by atoms with Crippen molar-refractivity contribution in [1.82, 2.24) is 82.3 Å². The van der Waals surface area contributed by atoms with Crippen LogP contribution in [0.4, 0.5) is 13.2 Å². The molecule has 0 aliphatic carbocycles. The number of phenolic OH excluding ortho intramolecular Hbond substituents is 2. The number of likely N-dealkylation sites (N-methyl/N-ethyl adjacent to an activating group) is 5. The van der Waals surface area contributed by atoms with Crippen molar-refractivity contribution in [1.29, 1.82) is 0 Å². The summed E-state index contributed by atoms with van der Waals surface area (Å²) in [6.07, 6.45) is -1.89. The van der Waals surface area contributed by atoms with E-state index < -0.39 is 272 Å². The van der Waals surface area contributed by atoms with Gasteiger partial charge in [0, 0.05) is 120 Å². The minimum atomic E-state index is -2.01. The number of thioether (sulfide) groups is 1. The van der Waals surface area contributed by atoms with Gasteiger partial charge in [0.25, 0.3) is 0 Å². The highest BCUT2D eigenvalue weighted by Crippen LogP contribution is 2.28.